The first kappa shape index (κ1) is 28.6. The van der Waals surface area contributed by atoms with Crippen molar-refractivity contribution in [2.45, 2.75) is 36.0 Å². The minimum Gasteiger partial charge on any atom is -0.508 e. The van der Waals surface area contributed by atoms with Crippen LogP contribution in [-0.4, -0.2) is 39.0 Å². The van der Waals surface area contributed by atoms with Gasteiger partial charge in [0.1, 0.15) is 17.9 Å². The molecule has 9 nitrogen and oxygen atoms in total. The zero-order valence-corrected chi connectivity index (χ0v) is 24.2. The quantitative estimate of drug-likeness (QED) is 0.107. The number of phenolic OH excluding ortho intramolecular Hbond substituents is 1. The van der Waals surface area contributed by atoms with Crippen molar-refractivity contribution in [1.82, 2.24) is 15.0 Å². The second-order valence-electron chi connectivity index (χ2n) is 9.87. The van der Waals surface area contributed by atoms with Gasteiger partial charge in [0, 0.05) is 33.2 Å². The van der Waals surface area contributed by atoms with Crippen molar-refractivity contribution >= 4 is 51.8 Å². The summed E-state index contributed by atoms with van der Waals surface area (Å²) < 4.78 is 4.93. The van der Waals surface area contributed by atoms with E-state index in [1.165, 1.54) is 25.2 Å². The van der Waals surface area contributed by atoms with Gasteiger partial charge >= 0.3 is 0 Å². The summed E-state index contributed by atoms with van der Waals surface area (Å²) in [6, 6.07) is 23.6. The van der Waals surface area contributed by atoms with Crippen molar-refractivity contribution in [1.29, 1.82) is 5.41 Å². The summed E-state index contributed by atoms with van der Waals surface area (Å²) >= 11 is 1.49. The van der Waals surface area contributed by atoms with Crippen LogP contribution in [0, 0.1) is 5.41 Å². The molecule has 0 aliphatic heterocycles. The minimum absolute atomic E-state index is 0.171. The maximum absolute atomic E-state index is 13.3. The number of aromatic nitrogens is 3. The van der Waals surface area contributed by atoms with Crippen LogP contribution in [0.4, 0.5) is 17.2 Å². The average Bonchev–Trinajstić information content (AvgIpc) is 2.99. The van der Waals surface area contributed by atoms with Crippen LogP contribution in [0.25, 0.3) is 11.0 Å². The Labute approximate surface area is 247 Å². The molecule has 0 atom stereocenters. The van der Waals surface area contributed by atoms with Crippen LogP contribution < -0.4 is 10.6 Å². The largest absolute Gasteiger partial charge is 0.508 e. The number of phenols is 1. The molecule has 10 heteroatoms. The van der Waals surface area contributed by atoms with Crippen molar-refractivity contribution in [2.75, 3.05) is 17.7 Å². The smallest absolute Gasteiger partial charge is 0.255 e. The second-order valence-corrected chi connectivity index (χ2v) is 11.0. The zero-order chi connectivity index (χ0) is 29.6. The molecule has 0 bridgehead atoms. The van der Waals surface area contributed by atoms with Crippen LogP contribution in [0.2, 0.25) is 0 Å². The van der Waals surface area contributed by atoms with Crippen LogP contribution in [-0.2, 0) is 11.2 Å². The fraction of sp³-hybridized carbons (Fsp3) is 0.156. The van der Waals surface area contributed by atoms with Crippen molar-refractivity contribution < 1.29 is 14.6 Å². The zero-order valence-electron chi connectivity index (χ0n) is 23.4. The monoisotopic (exact) mass is 578 g/mol. The lowest BCUT2D eigenvalue weighted by Crippen LogP contribution is -2.12. The van der Waals surface area contributed by atoms with E-state index in [9.17, 15) is 9.90 Å². The minimum atomic E-state index is -0.271. The number of hydrogen-bond acceptors (Lipinski definition) is 9. The van der Waals surface area contributed by atoms with E-state index >= 15 is 0 Å². The number of methoxy groups -OCH3 is 1. The van der Waals surface area contributed by atoms with Gasteiger partial charge in [0.2, 0.25) is 0 Å². The van der Waals surface area contributed by atoms with Crippen LogP contribution >= 0.6 is 11.8 Å². The SMILES string of the molecule is COC(=N)Cc1ccc(NC(=O)c2ccc(Sc3ccc(O)cc3)c(Nc3ncnc4nc(C(C)C)ccc34)c2)cc1. The van der Waals surface area contributed by atoms with E-state index in [0.717, 1.165) is 26.4 Å². The highest BCUT2D eigenvalue weighted by molar-refractivity contribution is 7.99. The average molecular weight is 579 g/mol. The number of carbonyl (C=O) groups is 1. The van der Waals surface area contributed by atoms with Gasteiger partial charge in [0.15, 0.2) is 11.5 Å². The number of aromatic hydroxyl groups is 1. The van der Waals surface area contributed by atoms with Crippen molar-refractivity contribution in [3.63, 3.8) is 0 Å². The normalized spacial score (nSPS) is 11.0. The molecule has 0 spiro atoms. The molecule has 42 heavy (non-hydrogen) atoms. The van der Waals surface area contributed by atoms with E-state index in [2.05, 4.69) is 34.4 Å². The van der Waals surface area contributed by atoms with Gasteiger partial charge in [-0.25, -0.2) is 15.0 Å². The molecule has 212 valence electrons. The summed E-state index contributed by atoms with van der Waals surface area (Å²) in [7, 11) is 1.47. The van der Waals surface area contributed by atoms with Gasteiger partial charge in [-0.1, -0.05) is 37.7 Å². The third-order valence-corrected chi connectivity index (χ3v) is 7.58. The van der Waals surface area contributed by atoms with Gasteiger partial charge in [-0.15, -0.1) is 0 Å². The maximum atomic E-state index is 13.3. The van der Waals surface area contributed by atoms with E-state index in [0.29, 0.717) is 34.8 Å². The summed E-state index contributed by atoms with van der Waals surface area (Å²) in [5.41, 5.74) is 4.22. The van der Waals surface area contributed by atoms with E-state index < -0.39 is 0 Å². The highest BCUT2D eigenvalue weighted by Crippen LogP contribution is 2.37. The Morgan fingerprint density at radius 1 is 1.00 bits per heavy atom. The molecule has 0 saturated heterocycles. The lowest BCUT2D eigenvalue weighted by molar-refractivity contribution is 0.102. The summed E-state index contributed by atoms with van der Waals surface area (Å²) in [4.78, 5) is 28.6. The highest BCUT2D eigenvalue weighted by atomic mass is 32.2. The van der Waals surface area contributed by atoms with Crippen LogP contribution in [0.1, 0.15) is 41.4 Å². The molecule has 3 aromatic carbocycles. The first-order chi connectivity index (χ1) is 20.3. The number of hydrogen-bond donors (Lipinski definition) is 4. The van der Waals surface area contributed by atoms with E-state index in [1.807, 2.05) is 42.5 Å². The number of nitrogens with zero attached hydrogens (tertiary/aromatic N) is 3. The third-order valence-electron chi connectivity index (χ3n) is 6.49. The fourth-order valence-corrected chi connectivity index (χ4v) is 5.05. The summed E-state index contributed by atoms with van der Waals surface area (Å²) in [5, 5.41) is 24.5. The summed E-state index contributed by atoms with van der Waals surface area (Å²) in [5.74, 6) is 0.928. The predicted molar refractivity (Wildman–Crippen MR) is 166 cm³/mol. The third kappa shape index (κ3) is 6.84. The number of anilines is 3. The molecular formula is C32H30N6O3S. The number of ether oxygens (including phenoxy) is 1. The van der Waals surface area contributed by atoms with E-state index in [4.69, 9.17) is 15.1 Å². The Morgan fingerprint density at radius 3 is 2.48 bits per heavy atom. The molecule has 0 unspecified atom stereocenters. The van der Waals surface area contributed by atoms with Crippen LogP contribution in [0.5, 0.6) is 5.75 Å². The first-order valence-electron chi connectivity index (χ1n) is 13.3. The molecule has 5 rings (SSSR count). The number of carbonyl (C=O) groups excluding carboxylic acids is 1. The van der Waals surface area contributed by atoms with Gasteiger partial charge in [-0.05, 0) is 78.2 Å². The fourth-order valence-electron chi connectivity index (χ4n) is 4.17. The molecule has 0 aliphatic carbocycles. The van der Waals surface area contributed by atoms with E-state index in [1.54, 1.807) is 36.4 Å². The van der Waals surface area contributed by atoms with Gasteiger partial charge in [-0.2, -0.15) is 0 Å². The van der Waals surface area contributed by atoms with Crippen molar-refractivity contribution in [3.05, 3.63) is 102 Å². The maximum Gasteiger partial charge on any atom is 0.255 e. The molecular weight excluding hydrogens is 548 g/mol. The number of rotatable bonds is 9. The van der Waals surface area contributed by atoms with E-state index in [-0.39, 0.29) is 23.5 Å². The van der Waals surface area contributed by atoms with Gasteiger partial charge in [0.05, 0.1) is 18.2 Å². The highest BCUT2D eigenvalue weighted by Gasteiger charge is 2.15. The second kappa shape index (κ2) is 12.7. The Kier molecular flexibility index (Phi) is 8.63. The Balaban J connectivity index is 1.45. The molecule has 4 N–H and O–H groups in total. The number of fused-ring (bicyclic) bond motifs is 1. The Bertz CT molecular complexity index is 1740. The summed E-state index contributed by atoms with van der Waals surface area (Å²) in [6.07, 6.45) is 1.86. The molecule has 0 saturated carbocycles. The van der Waals surface area contributed by atoms with Crippen LogP contribution in [0.3, 0.4) is 0 Å². The van der Waals surface area contributed by atoms with Crippen LogP contribution in [0.15, 0.2) is 95.0 Å². The summed E-state index contributed by atoms with van der Waals surface area (Å²) in [6.45, 7) is 4.17. The van der Waals surface area contributed by atoms with Gasteiger partial charge < -0.3 is 20.5 Å². The molecule has 0 radical (unpaired) electrons. The van der Waals surface area contributed by atoms with Gasteiger partial charge in [0.25, 0.3) is 5.91 Å². The van der Waals surface area contributed by atoms with Crippen molar-refractivity contribution in [2.24, 2.45) is 0 Å². The number of nitrogens with one attached hydrogen (secondary N) is 3. The lowest BCUT2D eigenvalue weighted by atomic mass is 10.1. The molecule has 5 aromatic rings. The van der Waals surface area contributed by atoms with Gasteiger partial charge in [-0.3, -0.25) is 10.2 Å². The molecule has 0 aliphatic rings. The molecule has 2 aromatic heterocycles. The molecule has 1 amide bonds. The standard InChI is InChI=1S/C32H30N6O3S/c1-19(2)26-14-13-25-30(37-26)34-18-35-31(25)38-27-17-21(6-15-28(27)42-24-11-9-23(39)10-12-24)32(40)36-22-7-4-20(5-8-22)16-29(33)41-3/h4-15,17-19,33,39H,16H2,1-3H3,(H,36,40)(H,34,35,37,38). The predicted octanol–water partition coefficient (Wildman–Crippen LogP) is 7.17. The molecule has 0 fully saturated rings. The number of benzene rings is 3. The molecule has 2 heterocycles. The Morgan fingerprint density at radius 2 is 1.76 bits per heavy atom. The number of pyridine rings is 1. The first-order valence-corrected chi connectivity index (χ1v) is 14.1. The Hall–Kier alpha value is -4.96. The van der Waals surface area contributed by atoms with Crippen molar-refractivity contribution in [3.8, 4) is 5.75 Å². The number of amides is 1. The lowest BCUT2D eigenvalue weighted by Gasteiger charge is -2.15. The topological polar surface area (TPSA) is 133 Å².